The van der Waals surface area contributed by atoms with E-state index < -0.39 is 33.4 Å². The number of halogens is 1. The van der Waals surface area contributed by atoms with Gasteiger partial charge in [-0.05, 0) is 51.1 Å². The normalized spacial score (nSPS) is 11.4. The SMILES string of the molecule is CC(C)(C)OC(=O)NNC(=O)c1cccc(S(=O)(=O)Nc2ccccc2F)c1. The van der Waals surface area contributed by atoms with E-state index in [-0.39, 0.29) is 16.1 Å². The van der Waals surface area contributed by atoms with Crippen LogP contribution in [0.4, 0.5) is 14.9 Å². The van der Waals surface area contributed by atoms with Gasteiger partial charge >= 0.3 is 6.09 Å². The molecule has 2 amide bonds. The number of carbonyl (C=O) groups excluding carboxylic acids is 2. The summed E-state index contributed by atoms with van der Waals surface area (Å²) in [7, 11) is -4.13. The van der Waals surface area contributed by atoms with Crippen molar-refractivity contribution < 1.29 is 27.1 Å². The van der Waals surface area contributed by atoms with Crippen molar-refractivity contribution in [1.29, 1.82) is 0 Å². The summed E-state index contributed by atoms with van der Waals surface area (Å²) < 4.78 is 45.7. The highest BCUT2D eigenvalue weighted by molar-refractivity contribution is 7.92. The molecule has 0 bridgehead atoms. The number of rotatable bonds is 4. The van der Waals surface area contributed by atoms with E-state index in [1.54, 1.807) is 20.8 Å². The number of nitrogens with one attached hydrogen (secondary N) is 3. The van der Waals surface area contributed by atoms with E-state index in [0.29, 0.717) is 0 Å². The predicted octanol–water partition coefficient (Wildman–Crippen LogP) is 2.80. The number of benzene rings is 2. The van der Waals surface area contributed by atoms with Gasteiger partial charge in [-0.2, -0.15) is 0 Å². The zero-order valence-electron chi connectivity index (χ0n) is 15.4. The maximum absolute atomic E-state index is 13.7. The van der Waals surface area contributed by atoms with Gasteiger partial charge in [-0.15, -0.1) is 0 Å². The Morgan fingerprint density at radius 1 is 1.00 bits per heavy atom. The molecule has 0 fully saturated rings. The van der Waals surface area contributed by atoms with E-state index >= 15 is 0 Å². The van der Waals surface area contributed by atoms with Crippen molar-refractivity contribution in [2.45, 2.75) is 31.3 Å². The van der Waals surface area contributed by atoms with Crippen LogP contribution < -0.4 is 15.6 Å². The fourth-order valence-electron chi connectivity index (χ4n) is 2.04. The van der Waals surface area contributed by atoms with Crippen LogP contribution in [0.1, 0.15) is 31.1 Å². The number of hydrogen-bond acceptors (Lipinski definition) is 5. The topological polar surface area (TPSA) is 114 Å². The first kappa shape index (κ1) is 21.2. The van der Waals surface area contributed by atoms with Gasteiger partial charge in [0.25, 0.3) is 15.9 Å². The van der Waals surface area contributed by atoms with Crippen molar-refractivity contribution in [3.8, 4) is 0 Å². The third kappa shape index (κ3) is 5.95. The van der Waals surface area contributed by atoms with Gasteiger partial charge in [0, 0.05) is 5.56 Å². The van der Waals surface area contributed by atoms with Crippen LogP contribution in [0.2, 0.25) is 0 Å². The Bertz CT molecular complexity index is 987. The Kier molecular flexibility index (Phi) is 6.24. The van der Waals surface area contributed by atoms with Crippen molar-refractivity contribution >= 4 is 27.7 Å². The monoisotopic (exact) mass is 409 g/mol. The van der Waals surface area contributed by atoms with Crippen molar-refractivity contribution in [1.82, 2.24) is 10.9 Å². The van der Waals surface area contributed by atoms with Crippen LogP contribution in [0, 0.1) is 5.82 Å². The van der Waals surface area contributed by atoms with Gasteiger partial charge < -0.3 is 4.74 Å². The van der Waals surface area contributed by atoms with E-state index in [2.05, 4.69) is 15.6 Å². The number of hydrazine groups is 1. The lowest BCUT2D eigenvalue weighted by atomic mass is 10.2. The molecular weight excluding hydrogens is 389 g/mol. The third-order valence-electron chi connectivity index (χ3n) is 3.20. The van der Waals surface area contributed by atoms with Gasteiger partial charge in [0.2, 0.25) is 0 Å². The quantitative estimate of drug-likeness (QED) is 0.672. The summed E-state index contributed by atoms with van der Waals surface area (Å²) in [5.74, 6) is -1.49. The van der Waals surface area contributed by atoms with Crippen molar-refractivity contribution in [2.24, 2.45) is 0 Å². The average molecular weight is 409 g/mol. The maximum atomic E-state index is 13.7. The molecule has 2 rings (SSSR count). The zero-order chi connectivity index (χ0) is 20.9. The molecule has 0 saturated carbocycles. The molecule has 0 atom stereocenters. The Labute approximate surface area is 162 Å². The van der Waals surface area contributed by atoms with E-state index in [1.165, 1.54) is 36.4 Å². The molecule has 0 saturated heterocycles. The summed E-state index contributed by atoms with van der Waals surface area (Å²) in [5.41, 5.74) is 3.19. The van der Waals surface area contributed by atoms with Crippen molar-refractivity contribution in [2.75, 3.05) is 4.72 Å². The lowest BCUT2D eigenvalue weighted by molar-refractivity contribution is 0.0483. The fraction of sp³-hybridized carbons (Fsp3) is 0.222. The number of para-hydroxylation sites is 1. The molecule has 0 spiro atoms. The molecule has 8 nitrogen and oxygen atoms in total. The summed E-state index contributed by atoms with van der Waals surface area (Å²) in [6, 6.07) is 10.3. The standard InChI is InChI=1S/C18H20FN3O5S/c1-18(2,3)27-17(24)21-20-16(23)12-7-6-8-13(11-12)28(25,26)22-15-10-5-4-9-14(15)19/h4-11,22H,1-3H3,(H,20,23)(H,21,24). The summed E-state index contributed by atoms with van der Waals surface area (Å²) in [5, 5.41) is 0. The number of hydrogen-bond donors (Lipinski definition) is 3. The third-order valence-corrected chi connectivity index (χ3v) is 4.56. The molecule has 0 aliphatic rings. The van der Waals surface area contributed by atoms with Gasteiger partial charge in [-0.1, -0.05) is 18.2 Å². The number of carbonyl (C=O) groups is 2. The van der Waals surface area contributed by atoms with Crippen LogP contribution in [0.3, 0.4) is 0 Å². The van der Waals surface area contributed by atoms with Crippen LogP contribution in [0.5, 0.6) is 0 Å². The van der Waals surface area contributed by atoms with Gasteiger partial charge in [0.15, 0.2) is 0 Å². The van der Waals surface area contributed by atoms with E-state index in [9.17, 15) is 22.4 Å². The van der Waals surface area contributed by atoms with Gasteiger partial charge in [-0.25, -0.2) is 23.0 Å². The van der Waals surface area contributed by atoms with E-state index in [4.69, 9.17) is 4.74 Å². The van der Waals surface area contributed by atoms with Crippen molar-refractivity contribution in [3.63, 3.8) is 0 Å². The molecule has 2 aromatic rings. The molecule has 2 aromatic carbocycles. The van der Waals surface area contributed by atoms with Gasteiger partial charge in [0.1, 0.15) is 11.4 Å². The fourth-order valence-corrected chi connectivity index (χ4v) is 3.15. The van der Waals surface area contributed by atoms with Gasteiger partial charge in [-0.3, -0.25) is 14.9 Å². The summed E-state index contributed by atoms with van der Waals surface area (Å²) >= 11 is 0. The second-order valence-electron chi connectivity index (χ2n) is 6.69. The first-order valence-corrected chi connectivity index (χ1v) is 9.63. The summed E-state index contributed by atoms with van der Waals surface area (Å²) in [6.07, 6.45) is -0.870. The zero-order valence-corrected chi connectivity index (χ0v) is 16.3. The number of amides is 2. The Morgan fingerprint density at radius 3 is 2.32 bits per heavy atom. The lowest BCUT2D eigenvalue weighted by Crippen LogP contribution is -2.44. The molecule has 0 aliphatic heterocycles. The lowest BCUT2D eigenvalue weighted by Gasteiger charge is -2.19. The Balaban J connectivity index is 2.11. The van der Waals surface area contributed by atoms with Crippen molar-refractivity contribution in [3.05, 3.63) is 59.9 Å². The number of ether oxygens (including phenoxy) is 1. The molecule has 150 valence electrons. The van der Waals surface area contributed by atoms with Gasteiger partial charge in [0.05, 0.1) is 10.6 Å². The highest BCUT2D eigenvalue weighted by Crippen LogP contribution is 2.19. The average Bonchev–Trinajstić information content (AvgIpc) is 2.60. The number of sulfonamides is 1. The summed E-state index contributed by atoms with van der Waals surface area (Å²) in [4.78, 5) is 23.5. The Hall–Kier alpha value is -3.14. The molecule has 0 aliphatic carbocycles. The number of anilines is 1. The first-order valence-electron chi connectivity index (χ1n) is 8.15. The second kappa shape index (κ2) is 8.26. The predicted molar refractivity (Wildman–Crippen MR) is 100 cm³/mol. The van der Waals surface area contributed by atoms with E-state index in [0.717, 1.165) is 12.1 Å². The molecule has 0 aromatic heterocycles. The summed E-state index contributed by atoms with van der Waals surface area (Å²) in [6.45, 7) is 4.97. The molecule has 10 heteroatoms. The van der Waals surface area contributed by atoms with E-state index in [1.807, 2.05) is 0 Å². The van der Waals surface area contributed by atoms with Crippen LogP contribution >= 0.6 is 0 Å². The Morgan fingerprint density at radius 2 is 1.68 bits per heavy atom. The molecule has 0 radical (unpaired) electrons. The maximum Gasteiger partial charge on any atom is 0.426 e. The minimum atomic E-state index is -4.13. The van der Waals surface area contributed by atoms with Crippen LogP contribution in [-0.2, 0) is 14.8 Å². The molecular formula is C18H20FN3O5S. The molecule has 0 heterocycles. The van der Waals surface area contributed by atoms with Crippen LogP contribution in [0.25, 0.3) is 0 Å². The largest absolute Gasteiger partial charge is 0.443 e. The molecule has 28 heavy (non-hydrogen) atoms. The molecule has 0 unspecified atom stereocenters. The van der Waals surface area contributed by atoms with Crippen LogP contribution in [0.15, 0.2) is 53.4 Å². The second-order valence-corrected chi connectivity index (χ2v) is 8.38. The highest BCUT2D eigenvalue weighted by atomic mass is 32.2. The smallest absolute Gasteiger partial charge is 0.426 e. The first-order chi connectivity index (χ1) is 13.0. The minimum absolute atomic E-state index is 0.0348. The van der Waals surface area contributed by atoms with Crippen LogP contribution in [-0.4, -0.2) is 26.0 Å². The minimum Gasteiger partial charge on any atom is -0.443 e. The molecule has 3 N–H and O–H groups in total. The highest BCUT2D eigenvalue weighted by Gasteiger charge is 2.19.